The van der Waals surface area contributed by atoms with Gasteiger partial charge in [-0.3, -0.25) is 4.79 Å². The number of carbonyl (C=O) groups excluding carboxylic acids is 2. The predicted octanol–water partition coefficient (Wildman–Crippen LogP) is 2.03. The second-order valence-corrected chi connectivity index (χ2v) is 5.38. The molecule has 0 spiro atoms. The molecule has 0 saturated heterocycles. The highest BCUT2D eigenvalue weighted by atomic mass is 16.5. The zero-order chi connectivity index (χ0) is 15.4. The fourth-order valence-corrected chi connectivity index (χ4v) is 1.90. The van der Waals surface area contributed by atoms with Gasteiger partial charge < -0.3 is 14.6 Å². The first kappa shape index (κ1) is 16.2. The van der Waals surface area contributed by atoms with E-state index in [1.54, 1.807) is 6.92 Å². The Morgan fingerprint density at radius 2 is 1.85 bits per heavy atom. The highest BCUT2D eigenvalue weighted by molar-refractivity contribution is 5.98. The van der Waals surface area contributed by atoms with Crippen LogP contribution in [0.4, 0.5) is 0 Å². The van der Waals surface area contributed by atoms with Gasteiger partial charge in [0.15, 0.2) is 5.76 Å². The molecule has 0 fully saturated rings. The van der Waals surface area contributed by atoms with E-state index >= 15 is 0 Å². The summed E-state index contributed by atoms with van der Waals surface area (Å²) >= 11 is 0. The molecule has 1 unspecified atom stereocenters. The summed E-state index contributed by atoms with van der Waals surface area (Å²) < 4.78 is 9.89. The highest BCUT2D eigenvalue weighted by Gasteiger charge is 2.29. The van der Waals surface area contributed by atoms with Gasteiger partial charge in [0.2, 0.25) is 0 Å². The van der Waals surface area contributed by atoms with Gasteiger partial charge in [-0.1, -0.05) is 32.9 Å². The molecule has 1 rings (SSSR count). The van der Waals surface area contributed by atoms with Crippen molar-refractivity contribution in [3.8, 4) is 0 Å². The Kier molecular flexibility index (Phi) is 5.30. The number of hydrogen-bond acceptors (Lipinski definition) is 5. The molecule has 1 atom stereocenters. The van der Waals surface area contributed by atoms with Gasteiger partial charge in [-0.15, -0.1) is 0 Å². The lowest BCUT2D eigenvalue weighted by Crippen LogP contribution is -2.45. The molecule has 1 amide bonds. The molecule has 1 N–H and O–H groups in total. The summed E-state index contributed by atoms with van der Waals surface area (Å²) in [6, 6.07) is -0.693. The van der Waals surface area contributed by atoms with Gasteiger partial charge in [0.25, 0.3) is 5.91 Å². The van der Waals surface area contributed by atoms with E-state index in [-0.39, 0.29) is 17.7 Å². The minimum absolute atomic E-state index is 0.0348. The van der Waals surface area contributed by atoms with Crippen molar-refractivity contribution >= 4 is 11.9 Å². The second kappa shape index (κ2) is 6.54. The lowest BCUT2D eigenvalue weighted by molar-refractivity contribution is -0.144. The first-order valence-corrected chi connectivity index (χ1v) is 6.64. The highest BCUT2D eigenvalue weighted by Crippen LogP contribution is 2.22. The number of carbonyl (C=O) groups is 2. The minimum atomic E-state index is -0.693. The van der Waals surface area contributed by atoms with Gasteiger partial charge in [-0.05, 0) is 12.8 Å². The van der Waals surface area contributed by atoms with E-state index in [1.165, 1.54) is 7.11 Å². The van der Waals surface area contributed by atoms with Crippen molar-refractivity contribution < 1.29 is 18.8 Å². The third-order valence-corrected chi connectivity index (χ3v) is 3.05. The van der Waals surface area contributed by atoms with Crippen molar-refractivity contribution in [3.63, 3.8) is 0 Å². The Labute approximate surface area is 118 Å². The lowest BCUT2D eigenvalue weighted by Gasteiger charge is -2.19. The Morgan fingerprint density at radius 1 is 1.25 bits per heavy atom. The number of methoxy groups -OCH3 is 1. The van der Waals surface area contributed by atoms with E-state index in [0.29, 0.717) is 17.0 Å². The summed E-state index contributed by atoms with van der Waals surface area (Å²) in [4.78, 5) is 24.1. The number of nitrogens with one attached hydrogen (secondary N) is 1. The van der Waals surface area contributed by atoms with Crippen LogP contribution in [0, 0.1) is 12.8 Å². The quantitative estimate of drug-likeness (QED) is 0.836. The fourth-order valence-electron chi connectivity index (χ4n) is 1.90. The van der Waals surface area contributed by atoms with Gasteiger partial charge in [0, 0.05) is 5.92 Å². The maximum absolute atomic E-state index is 12.4. The summed E-state index contributed by atoms with van der Waals surface area (Å²) in [6.45, 7) is 9.21. The van der Waals surface area contributed by atoms with E-state index in [9.17, 15) is 9.59 Å². The fraction of sp³-hybridized carbons (Fsp3) is 0.643. The molecular weight excluding hydrogens is 260 g/mol. The zero-order valence-electron chi connectivity index (χ0n) is 12.8. The number of aryl methyl sites for hydroxylation is 1. The lowest BCUT2D eigenvalue weighted by atomic mass is 10.0. The molecule has 1 aromatic rings. The monoisotopic (exact) mass is 282 g/mol. The van der Waals surface area contributed by atoms with Gasteiger partial charge in [0.1, 0.15) is 11.6 Å². The number of ether oxygens (including phenoxy) is 1. The topological polar surface area (TPSA) is 81.4 Å². The van der Waals surface area contributed by atoms with Gasteiger partial charge >= 0.3 is 5.97 Å². The molecule has 6 heteroatoms. The summed E-state index contributed by atoms with van der Waals surface area (Å²) in [6.07, 6.45) is 0. The maximum Gasteiger partial charge on any atom is 0.328 e. The third kappa shape index (κ3) is 3.37. The smallest absolute Gasteiger partial charge is 0.328 e. The van der Waals surface area contributed by atoms with Crippen LogP contribution < -0.4 is 5.32 Å². The summed E-state index contributed by atoms with van der Waals surface area (Å²) in [5.41, 5.74) is 0.910. The van der Waals surface area contributed by atoms with Gasteiger partial charge in [-0.25, -0.2) is 4.79 Å². The number of esters is 1. The number of nitrogens with zero attached hydrogens (tertiary/aromatic N) is 1. The predicted molar refractivity (Wildman–Crippen MR) is 73.4 cm³/mol. The molecule has 0 aliphatic rings. The molecule has 0 aliphatic carbocycles. The van der Waals surface area contributed by atoms with E-state index in [2.05, 4.69) is 10.5 Å². The van der Waals surface area contributed by atoms with Crippen LogP contribution in [-0.4, -0.2) is 30.2 Å². The molecule has 0 bridgehead atoms. The van der Waals surface area contributed by atoms with Crippen molar-refractivity contribution in [2.24, 2.45) is 5.92 Å². The molecule has 1 aromatic heterocycles. The largest absolute Gasteiger partial charge is 0.467 e. The van der Waals surface area contributed by atoms with E-state index in [0.717, 1.165) is 0 Å². The van der Waals surface area contributed by atoms with Crippen LogP contribution in [0.3, 0.4) is 0 Å². The second-order valence-electron chi connectivity index (χ2n) is 5.38. The van der Waals surface area contributed by atoms with E-state index in [1.807, 2.05) is 27.7 Å². The molecule has 20 heavy (non-hydrogen) atoms. The van der Waals surface area contributed by atoms with Crippen molar-refractivity contribution in [3.05, 3.63) is 17.0 Å². The molecule has 0 radical (unpaired) electrons. The first-order chi connectivity index (χ1) is 9.29. The van der Waals surface area contributed by atoms with Crippen LogP contribution >= 0.6 is 0 Å². The third-order valence-electron chi connectivity index (χ3n) is 3.05. The average molecular weight is 282 g/mol. The summed E-state index contributed by atoms with van der Waals surface area (Å²) in [5.74, 6) is -0.348. The molecule has 0 aliphatic heterocycles. The first-order valence-electron chi connectivity index (χ1n) is 6.64. The standard InChI is InChI=1S/C14H22N2O4/c1-7(2)11(14(18)19-6)15-13(17)10-9(5)16-20-12(10)8(3)4/h7-8,11H,1-6H3,(H,15,17). The Balaban J connectivity index is 3.01. The zero-order valence-corrected chi connectivity index (χ0v) is 12.8. The van der Waals surface area contributed by atoms with Gasteiger partial charge in [-0.2, -0.15) is 0 Å². The van der Waals surface area contributed by atoms with E-state index in [4.69, 9.17) is 9.26 Å². The maximum atomic E-state index is 12.4. The summed E-state index contributed by atoms with van der Waals surface area (Å²) in [5, 5.41) is 6.52. The van der Waals surface area contributed by atoms with Crippen LogP contribution in [0.25, 0.3) is 0 Å². The van der Waals surface area contributed by atoms with Crippen LogP contribution in [0.1, 0.15) is 55.4 Å². The SMILES string of the molecule is COC(=O)C(NC(=O)c1c(C)noc1C(C)C)C(C)C. The van der Waals surface area contributed by atoms with Crippen molar-refractivity contribution in [1.82, 2.24) is 10.5 Å². The van der Waals surface area contributed by atoms with Crippen LogP contribution in [0.15, 0.2) is 4.52 Å². The number of hydrogen-bond donors (Lipinski definition) is 1. The number of aromatic nitrogens is 1. The van der Waals surface area contributed by atoms with Crippen LogP contribution in [-0.2, 0) is 9.53 Å². The molecular formula is C14H22N2O4. The number of amides is 1. The normalized spacial score (nSPS) is 12.6. The molecule has 112 valence electrons. The molecule has 1 heterocycles. The van der Waals surface area contributed by atoms with Crippen molar-refractivity contribution in [1.29, 1.82) is 0 Å². The molecule has 0 saturated carbocycles. The van der Waals surface area contributed by atoms with Gasteiger partial charge in [0.05, 0.1) is 12.8 Å². The Hall–Kier alpha value is -1.85. The average Bonchev–Trinajstić information content (AvgIpc) is 2.76. The summed E-state index contributed by atoms with van der Waals surface area (Å²) in [7, 11) is 1.30. The Bertz CT molecular complexity index is 491. The van der Waals surface area contributed by atoms with Crippen LogP contribution in [0.2, 0.25) is 0 Å². The number of rotatable bonds is 5. The van der Waals surface area contributed by atoms with E-state index < -0.39 is 12.0 Å². The Morgan fingerprint density at radius 3 is 2.30 bits per heavy atom. The van der Waals surface area contributed by atoms with Crippen LogP contribution in [0.5, 0.6) is 0 Å². The van der Waals surface area contributed by atoms with Crippen molar-refractivity contribution in [2.45, 2.75) is 46.6 Å². The minimum Gasteiger partial charge on any atom is -0.467 e. The molecule has 6 nitrogen and oxygen atoms in total. The molecule has 0 aromatic carbocycles. The van der Waals surface area contributed by atoms with Crippen molar-refractivity contribution in [2.75, 3.05) is 7.11 Å².